The Morgan fingerprint density at radius 2 is 1.88 bits per heavy atom. The van der Waals surface area contributed by atoms with E-state index in [1.807, 2.05) is 6.92 Å². The number of benzene rings is 2. The van der Waals surface area contributed by atoms with Crippen molar-refractivity contribution in [1.82, 2.24) is 5.32 Å². The first-order chi connectivity index (χ1) is 11.5. The van der Waals surface area contributed by atoms with Crippen LogP contribution in [0.2, 0.25) is 0 Å². The number of aryl methyl sites for hydroxylation is 1. The molecule has 5 nitrogen and oxygen atoms in total. The maximum atomic E-state index is 13.6. The van der Waals surface area contributed by atoms with Gasteiger partial charge in [-0.2, -0.15) is 0 Å². The highest BCUT2D eigenvalue weighted by Crippen LogP contribution is 2.20. The maximum absolute atomic E-state index is 13.6. The SMILES string of the molecule is CC(CCc1ccccc1[N+](=O)[O-])NCC(O)c1ccccc1F. The van der Waals surface area contributed by atoms with Gasteiger partial charge in [0.1, 0.15) is 5.82 Å². The van der Waals surface area contributed by atoms with E-state index in [1.54, 1.807) is 36.4 Å². The van der Waals surface area contributed by atoms with E-state index in [2.05, 4.69) is 5.32 Å². The fourth-order valence-corrected chi connectivity index (χ4v) is 2.54. The fraction of sp³-hybridized carbons (Fsp3) is 0.333. The third-order valence-corrected chi connectivity index (χ3v) is 3.96. The minimum atomic E-state index is -0.931. The molecule has 0 spiro atoms. The van der Waals surface area contributed by atoms with Gasteiger partial charge in [-0.25, -0.2) is 4.39 Å². The molecule has 0 fully saturated rings. The molecule has 0 saturated carbocycles. The van der Waals surface area contributed by atoms with Gasteiger partial charge in [-0.1, -0.05) is 36.4 Å². The second-order valence-electron chi connectivity index (χ2n) is 5.77. The van der Waals surface area contributed by atoms with Crippen LogP contribution < -0.4 is 5.32 Å². The number of nitro benzene ring substituents is 1. The molecule has 2 atom stereocenters. The van der Waals surface area contributed by atoms with E-state index >= 15 is 0 Å². The molecular weight excluding hydrogens is 311 g/mol. The molecule has 2 rings (SSSR count). The van der Waals surface area contributed by atoms with E-state index in [1.165, 1.54) is 12.1 Å². The molecule has 24 heavy (non-hydrogen) atoms. The quantitative estimate of drug-likeness (QED) is 0.574. The number of aliphatic hydroxyl groups is 1. The van der Waals surface area contributed by atoms with E-state index < -0.39 is 11.9 Å². The molecule has 6 heteroatoms. The molecule has 128 valence electrons. The fourth-order valence-electron chi connectivity index (χ4n) is 2.54. The van der Waals surface area contributed by atoms with Gasteiger partial charge < -0.3 is 10.4 Å². The van der Waals surface area contributed by atoms with E-state index in [9.17, 15) is 19.6 Å². The van der Waals surface area contributed by atoms with Gasteiger partial charge in [0.2, 0.25) is 0 Å². The van der Waals surface area contributed by atoms with Crippen molar-refractivity contribution in [2.75, 3.05) is 6.54 Å². The predicted molar refractivity (Wildman–Crippen MR) is 90.2 cm³/mol. The molecular formula is C18H21FN2O3. The van der Waals surface area contributed by atoms with E-state index in [4.69, 9.17) is 0 Å². The number of nitro groups is 1. The second-order valence-corrected chi connectivity index (χ2v) is 5.77. The van der Waals surface area contributed by atoms with Crippen molar-refractivity contribution in [2.24, 2.45) is 0 Å². The first-order valence-corrected chi connectivity index (χ1v) is 7.87. The summed E-state index contributed by atoms with van der Waals surface area (Å²) in [6.07, 6.45) is 0.301. The number of para-hydroxylation sites is 1. The largest absolute Gasteiger partial charge is 0.387 e. The standard InChI is InChI=1S/C18H21FN2O3/c1-13(10-11-14-6-2-5-9-17(14)21(23)24)20-12-18(22)15-7-3-4-8-16(15)19/h2-9,13,18,20,22H,10-12H2,1H3. The summed E-state index contributed by atoms with van der Waals surface area (Å²) >= 11 is 0. The third kappa shape index (κ3) is 4.84. The van der Waals surface area contributed by atoms with E-state index in [0.717, 1.165) is 0 Å². The molecule has 0 aliphatic carbocycles. The third-order valence-electron chi connectivity index (χ3n) is 3.96. The minimum Gasteiger partial charge on any atom is -0.387 e. The van der Waals surface area contributed by atoms with Crippen LogP contribution in [-0.2, 0) is 6.42 Å². The van der Waals surface area contributed by atoms with Crippen LogP contribution in [0.3, 0.4) is 0 Å². The number of nitrogens with one attached hydrogen (secondary N) is 1. The molecule has 0 aromatic heterocycles. The highest BCUT2D eigenvalue weighted by atomic mass is 19.1. The van der Waals surface area contributed by atoms with E-state index in [0.29, 0.717) is 18.4 Å². The lowest BCUT2D eigenvalue weighted by Crippen LogP contribution is -2.31. The zero-order chi connectivity index (χ0) is 17.5. The number of halogens is 1. The normalized spacial score (nSPS) is 13.5. The van der Waals surface area contributed by atoms with Crippen LogP contribution in [0.4, 0.5) is 10.1 Å². The average molecular weight is 332 g/mol. The van der Waals surface area contributed by atoms with Gasteiger partial charge in [-0.15, -0.1) is 0 Å². The Hall–Kier alpha value is -2.31. The Bertz CT molecular complexity index is 693. The number of hydrogen-bond donors (Lipinski definition) is 2. The Kier molecular flexibility index (Phi) is 6.40. The smallest absolute Gasteiger partial charge is 0.272 e. The lowest BCUT2D eigenvalue weighted by molar-refractivity contribution is -0.385. The first kappa shape index (κ1) is 18.0. The van der Waals surface area contributed by atoms with Gasteiger partial charge in [0.05, 0.1) is 11.0 Å². The van der Waals surface area contributed by atoms with Crippen molar-refractivity contribution in [1.29, 1.82) is 0 Å². The molecule has 0 saturated heterocycles. The van der Waals surface area contributed by atoms with Crippen molar-refractivity contribution in [3.05, 3.63) is 75.6 Å². The lowest BCUT2D eigenvalue weighted by Gasteiger charge is -2.18. The summed E-state index contributed by atoms with van der Waals surface area (Å²) in [5, 5.41) is 24.2. The van der Waals surface area contributed by atoms with Crippen molar-refractivity contribution in [2.45, 2.75) is 31.9 Å². The maximum Gasteiger partial charge on any atom is 0.272 e. The summed E-state index contributed by atoms with van der Waals surface area (Å²) in [7, 11) is 0. The Balaban J connectivity index is 1.85. The zero-order valence-electron chi connectivity index (χ0n) is 13.5. The molecule has 2 unspecified atom stereocenters. The molecule has 0 heterocycles. The van der Waals surface area contributed by atoms with Crippen LogP contribution in [0.5, 0.6) is 0 Å². The van der Waals surface area contributed by atoms with Crippen molar-refractivity contribution in [3.63, 3.8) is 0 Å². The molecule has 0 amide bonds. The first-order valence-electron chi connectivity index (χ1n) is 7.87. The predicted octanol–water partition coefficient (Wildman–Crippen LogP) is 3.38. The van der Waals surface area contributed by atoms with Gasteiger partial charge in [-0.3, -0.25) is 10.1 Å². The number of rotatable bonds is 8. The molecule has 2 aromatic carbocycles. The van der Waals surface area contributed by atoms with Crippen LogP contribution in [0, 0.1) is 15.9 Å². The van der Waals surface area contributed by atoms with E-state index in [-0.39, 0.29) is 28.8 Å². The summed E-state index contributed by atoms with van der Waals surface area (Å²) in [6, 6.07) is 12.8. The highest BCUT2D eigenvalue weighted by molar-refractivity contribution is 5.39. The summed E-state index contributed by atoms with van der Waals surface area (Å²) in [5.41, 5.74) is 1.07. The van der Waals surface area contributed by atoms with Gasteiger partial charge in [-0.05, 0) is 25.8 Å². The van der Waals surface area contributed by atoms with Crippen LogP contribution in [0.15, 0.2) is 48.5 Å². The average Bonchev–Trinajstić information content (AvgIpc) is 2.58. The minimum absolute atomic E-state index is 0.0335. The molecule has 2 aromatic rings. The molecule has 0 aliphatic heterocycles. The number of aliphatic hydroxyl groups excluding tert-OH is 1. The van der Waals surface area contributed by atoms with Crippen LogP contribution >= 0.6 is 0 Å². The van der Waals surface area contributed by atoms with Gasteiger partial charge in [0, 0.05) is 29.8 Å². The van der Waals surface area contributed by atoms with Gasteiger partial charge in [0.15, 0.2) is 0 Å². The Morgan fingerprint density at radius 1 is 1.21 bits per heavy atom. The number of nitrogens with zero attached hydrogens (tertiary/aromatic N) is 1. The monoisotopic (exact) mass is 332 g/mol. The molecule has 0 radical (unpaired) electrons. The highest BCUT2D eigenvalue weighted by Gasteiger charge is 2.15. The van der Waals surface area contributed by atoms with Crippen LogP contribution in [0.1, 0.15) is 30.6 Å². The summed E-state index contributed by atoms with van der Waals surface area (Å²) < 4.78 is 13.6. The topological polar surface area (TPSA) is 75.4 Å². The van der Waals surface area contributed by atoms with Crippen molar-refractivity contribution >= 4 is 5.69 Å². The summed E-state index contributed by atoms with van der Waals surface area (Å²) in [5.74, 6) is -0.431. The van der Waals surface area contributed by atoms with Crippen molar-refractivity contribution < 1.29 is 14.4 Å². The molecule has 0 aliphatic rings. The Morgan fingerprint density at radius 3 is 2.58 bits per heavy atom. The molecule has 2 N–H and O–H groups in total. The van der Waals surface area contributed by atoms with Crippen LogP contribution in [0.25, 0.3) is 0 Å². The van der Waals surface area contributed by atoms with Gasteiger partial charge >= 0.3 is 0 Å². The van der Waals surface area contributed by atoms with Crippen molar-refractivity contribution in [3.8, 4) is 0 Å². The number of hydrogen-bond acceptors (Lipinski definition) is 4. The van der Waals surface area contributed by atoms with Crippen LogP contribution in [-0.4, -0.2) is 22.6 Å². The van der Waals surface area contributed by atoms with Gasteiger partial charge in [0.25, 0.3) is 5.69 Å². The zero-order valence-corrected chi connectivity index (χ0v) is 13.5. The summed E-state index contributed by atoms with van der Waals surface area (Å²) in [4.78, 5) is 10.6. The lowest BCUT2D eigenvalue weighted by atomic mass is 10.0. The Labute approximate surface area is 140 Å². The second kappa shape index (κ2) is 8.52. The summed E-state index contributed by atoms with van der Waals surface area (Å²) in [6.45, 7) is 2.15. The molecule has 0 bridgehead atoms.